The van der Waals surface area contributed by atoms with E-state index < -0.39 is 15.1 Å². The highest BCUT2D eigenvalue weighted by Crippen LogP contribution is 2.38. The monoisotopic (exact) mass is 362 g/mol. The number of sulfone groups is 1. The summed E-state index contributed by atoms with van der Waals surface area (Å²) in [5.74, 6) is 0.768. The third kappa shape index (κ3) is 3.46. The van der Waals surface area contributed by atoms with Crippen LogP contribution < -0.4 is 0 Å². The molecule has 0 spiro atoms. The zero-order chi connectivity index (χ0) is 17.3. The number of benzene rings is 1. The summed E-state index contributed by atoms with van der Waals surface area (Å²) in [7, 11) is -3.35. The summed E-state index contributed by atoms with van der Waals surface area (Å²) >= 11 is 0. The Morgan fingerprint density at radius 2 is 1.96 bits per heavy atom. The van der Waals surface area contributed by atoms with Crippen LogP contribution in [0.4, 0.5) is 0 Å². The summed E-state index contributed by atoms with van der Waals surface area (Å²) in [4.78, 5) is 0. The number of hydrogen-bond acceptors (Lipinski definition) is 6. The molecule has 2 aliphatic rings. The van der Waals surface area contributed by atoms with Gasteiger partial charge in [-0.15, -0.1) is 5.10 Å². The fourth-order valence-corrected chi connectivity index (χ4v) is 5.68. The van der Waals surface area contributed by atoms with Crippen LogP contribution in [0.1, 0.15) is 41.5 Å². The van der Waals surface area contributed by atoms with Crippen molar-refractivity contribution in [2.75, 3.05) is 13.2 Å². The summed E-state index contributed by atoms with van der Waals surface area (Å²) in [6.45, 7) is 2.15. The number of nitrogens with zero attached hydrogens (tertiary/aromatic N) is 4. The van der Waals surface area contributed by atoms with Crippen molar-refractivity contribution in [1.82, 2.24) is 20.2 Å². The minimum atomic E-state index is -3.35. The SMILES string of the molecule is O=S(=O)(Cc1nnnn1CC1CCOCC1)C1CCc2ccccc21. The van der Waals surface area contributed by atoms with E-state index in [4.69, 9.17) is 4.74 Å². The average Bonchev–Trinajstić information content (AvgIpc) is 3.23. The lowest BCUT2D eigenvalue weighted by Crippen LogP contribution is -2.23. The molecule has 0 saturated carbocycles. The lowest BCUT2D eigenvalue weighted by molar-refractivity contribution is 0.0597. The van der Waals surface area contributed by atoms with Gasteiger partial charge in [-0.1, -0.05) is 24.3 Å². The molecule has 7 nitrogen and oxygen atoms in total. The molecule has 4 rings (SSSR count). The van der Waals surface area contributed by atoms with Crippen LogP contribution >= 0.6 is 0 Å². The predicted molar refractivity (Wildman–Crippen MR) is 91.5 cm³/mol. The molecular weight excluding hydrogens is 340 g/mol. The van der Waals surface area contributed by atoms with E-state index in [0.717, 1.165) is 43.6 Å². The van der Waals surface area contributed by atoms with Gasteiger partial charge in [0, 0.05) is 19.8 Å². The zero-order valence-electron chi connectivity index (χ0n) is 14.0. The first-order valence-corrected chi connectivity index (χ1v) is 10.5. The molecule has 1 aliphatic heterocycles. The van der Waals surface area contributed by atoms with E-state index in [1.165, 1.54) is 0 Å². The number of aryl methyl sites for hydroxylation is 1. The Labute approximate surface area is 147 Å². The van der Waals surface area contributed by atoms with Crippen molar-refractivity contribution in [3.05, 3.63) is 41.2 Å². The number of aromatic nitrogens is 4. The largest absolute Gasteiger partial charge is 0.381 e. The Kier molecular flexibility index (Phi) is 4.56. The van der Waals surface area contributed by atoms with E-state index in [0.29, 0.717) is 24.7 Å². The fourth-order valence-electron chi connectivity index (χ4n) is 3.81. The second kappa shape index (κ2) is 6.84. The topological polar surface area (TPSA) is 87.0 Å². The van der Waals surface area contributed by atoms with Crippen molar-refractivity contribution in [2.45, 2.75) is 43.2 Å². The third-order valence-electron chi connectivity index (χ3n) is 5.22. The molecule has 0 N–H and O–H groups in total. The van der Waals surface area contributed by atoms with Gasteiger partial charge in [0.15, 0.2) is 15.7 Å². The van der Waals surface area contributed by atoms with E-state index in [9.17, 15) is 8.42 Å². The van der Waals surface area contributed by atoms with Crippen molar-refractivity contribution >= 4 is 9.84 Å². The van der Waals surface area contributed by atoms with Gasteiger partial charge in [0.1, 0.15) is 5.75 Å². The Balaban J connectivity index is 1.51. The van der Waals surface area contributed by atoms with Gasteiger partial charge in [0.25, 0.3) is 0 Å². The maximum atomic E-state index is 13.0. The Morgan fingerprint density at radius 3 is 2.80 bits per heavy atom. The average molecular weight is 362 g/mol. The van der Waals surface area contributed by atoms with Gasteiger partial charge < -0.3 is 4.74 Å². The standard InChI is InChI=1S/C17H22N4O3S/c22-25(23,16-6-5-14-3-1-2-4-15(14)16)12-17-18-19-20-21(17)11-13-7-9-24-10-8-13/h1-4,13,16H,5-12H2. The highest BCUT2D eigenvalue weighted by Gasteiger charge is 2.34. The second-order valence-electron chi connectivity index (χ2n) is 6.87. The van der Waals surface area contributed by atoms with Crippen LogP contribution in [0, 0.1) is 5.92 Å². The molecule has 1 saturated heterocycles. The first kappa shape index (κ1) is 16.7. The quantitative estimate of drug-likeness (QED) is 0.805. The van der Waals surface area contributed by atoms with Crippen LogP contribution in [0.3, 0.4) is 0 Å². The van der Waals surface area contributed by atoms with E-state index >= 15 is 0 Å². The lowest BCUT2D eigenvalue weighted by atomic mass is 10.0. The zero-order valence-corrected chi connectivity index (χ0v) is 14.9. The molecule has 1 fully saturated rings. The number of fused-ring (bicyclic) bond motifs is 1. The fraction of sp³-hybridized carbons (Fsp3) is 0.588. The predicted octanol–water partition coefficient (Wildman–Crippen LogP) is 1.70. The molecule has 1 aromatic heterocycles. The normalized spacial score (nSPS) is 21.4. The molecule has 0 radical (unpaired) electrons. The highest BCUT2D eigenvalue weighted by molar-refractivity contribution is 7.90. The van der Waals surface area contributed by atoms with E-state index in [-0.39, 0.29) is 5.75 Å². The van der Waals surface area contributed by atoms with Crippen LogP contribution in [0.2, 0.25) is 0 Å². The van der Waals surface area contributed by atoms with Gasteiger partial charge in [0.05, 0.1) is 5.25 Å². The van der Waals surface area contributed by atoms with Crippen molar-refractivity contribution in [2.24, 2.45) is 5.92 Å². The summed E-state index contributed by atoms with van der Waals surface area (Å²) < 4.78 is 33.0. The summed E-state index contributed by atoms with van der Waals surface area (Å²) in [5, 5.41) is 11.3. The molecule has 1 aliphatic carbocycles. The van der Waals surface area contributed by atoms with Gasteiger partial charge in [-0.3, -0.25) is 0 Å². The van der Waals surface area contributed by atoms with E-state index in [2.05, 4.69) is 15.5 Å². The van der Waals surface area contributed by atoms with Crippen LogP contribution in [0.25, 0.3) is 0 Å². The highest BCUT2D eigenvalue weighted by atomic mass is 32.2. The van der Waals surface area contributed by atoms with Crippen molar-refractivity contribution in [3.8, 4) is 0 Å². The van der Waals surface area contributed by atoms with E-state index in [1.807, 2.05) is 24.3 Å². The number of tetrazole rings is 1. The van der Waals surface area contributed by atoms with Crippen molar-refractivity contribution in [1.29, 1.82) is 0 Å². The van der Waals surface area contributed by atoms with Gasteiger partial charge in [-0.2, -0.15) is 0 Å². The molecule has 2 aromatic rings. The summed E-state index contributed by atoms with van der Waals surface area (Å²) in [6.07, 6.45) is 3.38. The minimum Gasteiger partial charge on any atom is -0.381 e. The second-order valence-corrected chi connectivity index (χ2v) is 9.05. The maximum Gasteiger partial charge on any atom is 0.166 e. The third-order valence-corrected chi connectivity index (χ3v) is 7.24. The van der Waals surface area contributed by atoms with Crippen molar-refractivity contribution in [3.63, 3.8) is 0 Å². The molecule has 1 unspecified atom stereocenters. The molecular formula is C17H22N4O3S. The Morgan fingerprint density at radius 1 is 1.16 bits per heavy atom. The number of ether oxygens (including phenoxy) is 1. The molecule has 25 heavy (non-hydrogen) atoms. The summed E-state index contributed by atoms with van der Waals surface area (Å²) in [5.41, 5.74) is 2.07. The van der Waals surface area contributed by atoms with Gasteiger partial charge >= 0.3 is 0 Å². The van der Waals surface area contributed by atoms with Gasteiger partial charge in [-0.05, 0) is 53.2 Å². The molecule has 0 bridgehead atoms. The molecule has 1 aromatic carbocycles. The molecule has 134 valence electrons. The first-order valence-electron chi connectivity index (χ1n) is 8.75. The van der Waals surface area contributed by atoms with Crippen LogP contribution in [0.5, 0.6) is 0 Å². The van der Waals surface area contributed by atoms with Crippen LogP contribution in [-0.4, -0.2) is 41.8 Å². The van der Waals surface area contributed by atoms with Gasteiger partial charge in [0.2, 0.25) is 0 Å². The van der Waals surface area contributed by atoms with Crippen LogP contribution in [-0.2, 0) is 33.3 Å². The number of hydrogen-bond donors (Lipinski definition) is 0. The smallest absolute Gasteiger partial charge is 0.166 e. The van der Waals surface area contributed by atoms with Crippen molar-refractivity contribution < 1.29 is 13.2 Å². The molecule has 2 heterocycles. The van der Waals surface area contributed by atoms with E-state index in [1.54, 1.807) is 4.68 Å². The molecule has 0 amide bonds. The summed E-state index contributed by atoms with van der Waals surface area (Å²) in [6, 6.07) is 7.81. The van der Waals surface area contributed by atoms with Gasteiger partial charge in [-0.25, -0.2) is 13.1 Å². The first-order chi connectivity index (χ1) is 12.1. The Bertz CT molecular complexity index is 843. The minimum absolute atomic E-state index is 0.109. The van der Waals surface area contributed by atoms with Crippen LogP contribution in [0.15, 0.2) is 24.3 Å². The molecule has 8 heteroatoms. The Hall–Kier alpha value is -1.80. The lowest BCUT2D eigenvalue weighted by Gasteiger charge is -2.22. The molecule has 1 atom stereocenters. The number of rotatable bonds is 5. The maximum absolute atomic E-state index is 13.0.